The number of benzene rings is 2. The summed E-state index contributed by atoms with van der Waals surface area (Å²) in [5, 5.41) is 0. The Morgan fingerprint density at radius 3 is 2.63 bits per heavy atom. The third kappa shape index (κ3) is 4.81. The van der Waals surface area contributed by atoms with Gasteiger partial charge in [-0.3, -0.25) is 0 Å². The Morgan fingerprint density at radius 2 is 1.83 bits per heavy atom. The minimum atomic E-state index is -3.34. The quantitative estimate of drug-likeness (QED) is 0.579. The highest BCUT2D eigenvalue weighted by molar-refractivity contribution is 7.91. The fourth-order valence-corrected chi connectivity index (χ4v) is 6.32. The summed E-state index contributed by atoms with van der Waals surface area (Å²) in [6.07, 6.45) is 4.54. The summed E-state index contributed by atoms with van der Waals surface area (Å²) in [6, 6.07) is 14.9. The molecule has 0 amide bonds. The predicted molar refractivity (Wildman–Crippen MR) is 118 cm³/mol. The van der Waals surface area contributed by atoms with E-state index in [9.17, 15) is 8.42 Å². The molecule has 5 nitrogen and oxygen atoms in total. The Kier molecular flexibility index (Phi) is 6.64. The highest BCUT2D eigenvalue weighted by atomic mass is 32.2. The van der Waals surface area contributed by atoms with Crippen LogP contribution in [0.1, 0.15) is 44.1 Å². The molecule has 0 radical (unpaired) electrons. The number of nitrogens with zero attached hydrogens (tertiary/aromatic N) is 1. The van der Waals surface area contributed by atoms with Gasteiger partial charge in [0.25, 0.3) is 0 Å². The van der Waals surface area contributed by atoms with Crippen LogP contribution in [0.25, 0.3) is 0 Å². The van der Waals surface area contributed by atoms with Crippen LogP contribution < -0.4 is 9.47 Å². The van der Waals surface area contributed by atoms with Crippen LogP contribution in [0.2, 0.25) is 0 Å². The van der Waals surface area contributed by atoms with Crippen molar-refractivity contribution in [3.05, 3.63) is 54.1 Å². The molecule has 30 heavy (non-hydrogen) atoms. The SMILES string of the molecule is CCCCCN1CC[C@@H](c2ccc3c(c2)OCO3)[C@H](CS(=O)(=O)c2ccccc2)C1. The normalized spacial score (nSPS) is 21.6. The van der Waals surface area contributed by atoms with Gasteiger partial charge in [0.1, 0.15) is 0 Å². The van der Waals surface area contributed by atoms with Gasteiger partial charge in [-0.1, -0.05) is 44.0 Å². The van der Waals surface area contributed by atoms with Crippen LogP contribution in [-0.2, 0) is 9.84 Å². The predicted octanol–water partition coefficient (Wildman–Crippen LogP) is 4.48. The van der Waals surface area contributed by atoms with Crippen molar-refractivity contribution in [2.75, 3.05) is 32.2 Å². The molecule has 1 fully saturated rings. The monoisotopic (exact) mass is 429 g/mol. The molecule has 4 rings (SSSR count). The molecule has 6 heteroatoms. The second-order valence-corrected chi connectivity index (χ2v) is 10.4. The van der Waals surface area contributed by atoms with E-state index >= 15 is 0 Å². The van der Waals surface area contributed by atoms with E-state index in [4.69, 9.17) is 9.47 Å². The van der Waals surface area contributed by atoms with Crippen molar-refractivity contribution >= 4 is 9.84 Å². The molecular formula is C24H31NO4S. The number of likely N-dealkylation sites (tertiary alicyclic amines) is 1. The lowest BCUT2D eigenvalue weighted by atomic mass is 9.81. The first-order valence-corrected chi connectivity index (χ1v) is 12.6. The molecule has 0 unspecified atom stereocenters. The van der Waals surface area contributed by atoms with Gasteiger partial charge in [-0.2, -0.15) is 0 Å². The van der Waals surface area contributed by atoms with E-state index in [-0.39, 0.29) is 24.4 Å². The molecule has 0 aromatic heterocycles. The molecule has 162 valence electrons. The maximum Gasteiger partial charge on any atom is 0.231 e. The van der Waals surface area contributed by atoms with Gasteiger partial charge < -0.3 is 14.4 Å². The Bertz CT molecular complexity index is 945. The Morgan fingerprint density at radius 1 is 1.03 bits per heavy atom. The van der Waals surface area contributed by atoms with Crippen molar-refractivity contribution in [1.82, 2.24) is 4.90 Å². The van der Waals surface area contributed by atoms with E-state index in [0.29, 0.717) is 4.90 Å². The highest BCUT2D eigenvalue weighted by Gasteiger charge is 2.34. The average molecular weight is 430 g/mol. The van der Waals surface area contributed by atoms with Crippen molar-refractivity contribution in [1.29, 1.82) is 0 Å². The smallest absolute Gasteiger partial charge is 0.231 e. The van der Waals surface area contributed by atoms with Gasteiger partial charge in [-0.25, -0.2) is 8.42 Å². The minimum Gasteiger partial charge on any atom is -0.454 e. The number of ether oxygens (including phenoxy) is 2. The summed E-state index contributed by atoms with van der Waals surface area (Å²) in [5.74, 6) is 1.94. The second kappa shape index (κ2) is 9.40. The summed E-state index contributed by atoms with van der Waals surface area (Å²) >= 11 is 0. The molecule has 0 aliphatic carbocycles. The third-order valence-electron chi connectivity index (χ3n) is 6.26. The van der Waals surface area contributed by atoms with Crippen LogP contribution in [0.3, 0.4) is 0 Å². The first-order valence-electron chi connectivity index (χ1n) is 11.0. The average Bonchev–Trinajstić information content (AvgIpc) is 3.22. The van der Waals surface area contributed by atoms with E-state index in [1.54, 1.807) is 24.3 Å². The number of hydrogen-bond acceptors (Lipinski definition) is 5. The van der Waals surface area contributed by atoms with E-state index in [0.717, 1.165) is 43.1 Å². The first kappa shape index (κ1) is 21.2. The van der Waals surface area contributed by atoms with Crippen LogP contribution in [0.5, 0.6) is 11.5 Å². The van der Waals surface area contributed by atoms with Gasteiger partial charge in [-0.05, 0) is 67.6 Å². The molecule has 2 aliphatic heterocycles. The minimum absolute atomic E-state index is 0.0472. The zero-order valence-electron chi connectivity index (χ0n) is 17.6. The van der Waals surface area contributed by atoms with Crippen molar-refractivity contribution in [3.63, 3.8) is 0 Å². The molecular weight excluding hydrogens is 398 g/mol. The molecule has 0 N–H and O–H groups in total. The zero-order chi connectivity index (χ0) is 21.0. The summed E-state index contributed by atoms with van der Waals surface area (Å²) < 4.78 is 37.4. The lowest BCUT2D eigenvalue weighted by molar-refractivity contribution is 0.161. The Hall–Kier alpha value is -2.05. The summed E-state index contributed by atoms with van der Waals surface area (Å²) in [6.45, 7) is 5.32. The fraction of sp³-hybridized carbons (Fsp3) is 0.500. The van der Waals surface area contributed by atoms with Crippen LogP contribution in [0.4, 0.5) is 0 Å². The number of hydrogen-bond donors (Lipinski definition) is 0. The van der Waals surface area contributed by atoms with Crippen LogP contribution in [-0.4, -0.2) is 45.5 Å². The van der Waals surface area contributed by atoms with Crippen molar-refractivity contribution in [2.45, 2.75) is 43.4 Å². The zero-order valence-corrected chi connectivity index (χ0v) is 18.4. The van der Waals surface area contributed by atoms with Crippen LogP contribution in [0, 0.1) is 5.92 Å². The summed E-state index contributed by atoms with van der Waals surface area (Å²) in [5.41, 5.74) is 1.15. The van der Waals surface area contributed by atoms with Crippen molar-refractivity contribution < 1.29 is 17.9 Å². The Labute approximate surface area is 179 Å². The molecule has 1 saturated heterocycles. The van der Waals surface area contributed by atoms with Gasteiger partial charge in [-0.15, -0.1) is 0 Å². The van der Waals surface area contributed by atoms with Crippen molar-refractivity contribution in [2.24, 2.45) is 5.92 Å². The van der Waals surface area contributed by atoms with Gasteiger partial charge in [0.2, 0.25) is 6.79 Å². The largest absolute Gasteiger partial charge is 0.454 e. The number of sulfone groups is 1. The van der Waals surface area contributed by atoms with Crippen LogP contribution in [0.15, 0.2) is 53.4 Å². The highest BCUT2D eigenvalue weighted by Crippen LogP contribution is 2.40. The lowest BCUT2D eigenvalue weighted by Crippen LogP contribution is -2.42. The second-order valence-electron chi connectivity index (χ2n) is 8.37. The van der Waals surface area contributed by atoms with Crippen LogP contribution >= 0.6 is 0 Å². The maximum atomic E-state index is 13.2. The van der Waals surface area contributed by atoms with E-state index in [1.807, 2.05) is 18.2 Å². The topological polar surface area (TPSA) is 55.8 Å². The van der Waals surface area contributed by atoms with Gasteiger partial charge >= 0.3 is 0 Å². The number of fused-ring (bicyclic) bond motifs is 1. The lowest BCUT2D eigenvalue weighted by Gasteiger charge is -2.39. The molecule has 0 spiro atoms. The molecule has 0 bridgehead atoms. The molecule has 2 heterocycles. The molecule has 2 aromatic carbocycles. The van der Waals surface area contributed by atoms with Gasteiger partial charge in [0.05, 0.1) is 10.6 Å². The van der Waals surface area contributed by atoms with Crippen molar-refractivity contribution in [3.8, 4) is 11.5 Å². The number of rotatable bonds is 8. The van der Waals surface area contributed by atoms with E-state index in [1.165, 1.54) is 19.3 Å². The van der Waals surface area contributed by atoms with Gasteiger partial charge in [0.15, 0.2) is 21.3 Å². The summed E-state index contributed by atoms with van der Waals surface area (Å²) in [7, 11) is -3.34. The molecule has 2 aliphatic rings. The number of unbranched alkanes of at least 4 members (excludes halogenated alkanes) is 2. The van der Waals surface area contributed by atoms with Gasteiger partial charge in [0, 0.05) is 6.54 Å². The fourth-order valence-electron chi connectivity index (χ4n) is 4.65. The Balaban J connectivity index is 1.56. The molecule has 2 atom stereocenters. The molecule has 2 aromatic rings. The first-order chi connectivity index (χ1) is 14.6. The molecule has 0 saturated carbocycles. The standard InChI is InChI=1S/C24H31NO4S/c1-2-3-7-13-25-14-12-22(19-10-11-23-24(15-19)29-18-28-23)20(16-25)17-30(26,27)21-8-5-4-6-9-21/h4-6,8-11,15,20,22H,2-3,7,12-14,16-18H2,1H3/t20-,22-/m0/s1. The van der Waals surface area contributed by atoms with E-state index in [2.05, 4.69) is 17.9 Å². The third-order valence-corrected chi connectivity index (χ3v) is 8.11. The summed E-state index contributed by atoms with van der Waals surface area (Å²) in [4.78, 5) is 2.86. The maximum absolute atomic E-state index is 13.2. The van der Waals surface area contributed by atoms with E-state index < -0.39 is 9.84 Å². The number of piperidine rings is 1.